The minimum atomic E-state index is 0.498. The number of nitrogens with zero attached hydrogens (tertiary/aromatic N) is 2. The number of hydrogen-bond donors (Lipinski definition) is 1. The number of rotatable bonds is 2. The molecule has 0 fully saturated rings. The Labute approximate surface area is 94.1 Å². The summed E-state index contributed by atoms with van der Waals surface area (Å²) in [6, 6.07) is 7.31. The van der Waals surface area contributed by atoms with Crippen LogP contribution in [0.4, 0.5) is 5.69 Å². The maximum absolute atomic E-state index is 5.78. The second-order valence-corrected chi connectivity index (χ2v) is 3.54. The van der Waals surface area contributed by atoms with Crippen molar-refractivity contribution in [3.8, 4) is 11.6 Å². The number of anilines is 1. The molecular weight excluding hydrogens is 202 g/mol. The minimum Gasteiger partial charge on any atom is -0.435 e. The Hall–Kier alpha value is -2.10. The van der Waals surface area contributed by atoms with Gasteiger partial charge < -0.3 is 10.5 Å². The summed E-state index contributed by atoms with van der Waals surface area (Å²) in [4.78, 5) is 8.45. The van der Waals surface area contributed by atoms with Gasteiger partial charge >= 0.3 is 0 Å². The molecule has 1 aromatic carbocycles. The van der Waals surface area contributed by atoms with Crippen LogP contribution in [0.3, 0.4) is 0 Å². The number of nitrogen functional groups attached to an aromatic ring is 1. The van der Waals surface area contributed by atoms with E-state index in [0.29, 0.717) is 17.3 Å². The standard InChI is InChI=1S/C12H13N3O/c1-8-7-14-9(2)12(15-8)16-11-6-4-3-5-10(11)13/h3-7H,13H2,1-2H3. The Bertz CT molecular complexity index is 511. The van der Waals surface area contributed by atoms with Gasteiger partial charge in [0.2, 0.25) is 5.88 Å². The van der Waals surface area contributed by atoms with Crippen LogP contribution in [0.25, 0.3) is 0 Å². The molecule has 0 aliphatic rings. The summed E-state index contributed by atoms with van der Waals surface area (Å²) in [5.41, 5.74) is 7.93. The molecule has 1 aromatic heterocycles. The van der Waals surface area contributed by atoms with Gasteiger partial charge in [0, 0.05) is 6.20 Å². The molecule has 0 bridgehead atoms. The lowest BCUT2D eigenvalue weighted by Crippen LogP contribution is -1.98. The summed E-state index contributed by atoms with van der Waals surface area (Å²) in [6.45, 7) is 3.72. The minimum absolute atomic E-state index is 0.498. The van der Waals surface area contributed by atoms with Gasteiger partial charge in [-0.15, -0.1) is 0 Å². The Balaban J connectivity index is 2.34. The van der Waals surface area contributed by atoms with Crippen LogP contribution in [-0.4, -0.2) is 9.97 Å². The Morgan fingerprint density at radius 1 is 1.19 bits per heavy atom. The first-order valence-electron chi connectivity index (χ1n) is 4.99. The van der Waals surface area contributed by atoms with Crippen LogP contribution in [-0.2, 0) is 0 Å². The quantitative estimate of drug-likeness (QED) is 0.782. The molecule has 0 spiro atoms. The average molecular weight is 215 g/mol. The number of ether oxygens (including phenoxy) is 1. The molecule has 0 saturated carbocycles. The normalized spacial score (nSPS) is 10.1. The van der Waals surface area contributed by atoms with Gasteiger partial charge in [-0.1, -0.05) is 12.1 Å². The van der Waals surface area contributed by atoms with E-state index in [0.717, 1.165) is 11.4 Å². The van der Waals surface area contributed by atoms with Crippen molar-refractivity contribution in [1.29, 1.82) is 0 Å². The summed E-state index contributed by atoms with van der Waals surface area (Å²) < 4.78 is 5.62. The van der Waals surface area contributed by atoms with Crippen molar-refractivity contribution in [2.45, 2.75) is 13.8 Å². The topological polar surface area (TPSA) is 61.0 Å². The number of para-hydroxylation sites is 2. The zero-order chi connectivity index (χ0) is 11.5. The second kappa shape index (κ2) is 4.18. The molecule has 2 N–H and O–H groups in total. The fourth-order valence-electron chi connectivity index (χ4n) is 1.29. The van der Waals surface area contributed by atoms with E-state index in [1.54, 1.807) is 18.3 Å². The Morgan fingerprint density at radius 3 is 2.69 bits per heavy atom. The number of aromatic nitrogens is 2. The first kappa shape index (κ1) is 10.4. The molecule has 4 nitrogen and oxygen atoms in total. The van der Waals surface area contributed by atoms with Gasteiger partial charge in [-0.25, -0.2) is 4.98 Å². The Kier molecular flexibility index (Phi) is 2.72. The van der Waals surface area contributed by atoms with Gasteiger partial charge in [-0.3, -0.25) is 4.98 Å². The molecule has 4 heteroatoms. The van der Waals surface area contributed by atoms with Crippen LogP contribution in [0.5, 0.6) is 11.6 Å². The highest BCUT2D eigenvalue weighted by atomic mass is 16.5. The molecule has 0 amide bonds. The molecule has 82 valence electrons. The number of nitrogens with two attached hydrogens (primary N) is 1. The van der Waals surface area contributed by atoms with Gasteiger partial charge in [0.15, 0.2) is 5.75 Å². The van der Waals surface area contributed by atoms with Gasteiger partial charge in [-0.05, 0) is 26.0 Å². The van der Waals surface area contributed by atoms with E-state index in [2.05, 4.69) is 9.97 Å². The summed E-state index contributed by atoms with van der Waals surface area (Å²) in [5.74, 6) is 1.10. The van der Waals surface area contributed by atoms with Gasteiger partial charge in [0.25, 0.3) is 0 Å². The number of hydrogen-bond acceptors (Lipinski definition) is 4. The molecule has 0 aliphatic heterocycles. The average Bonchev–Trinajstić information content (AvgIpc) is 2.27. The third-order valence-corrected chi connectivity index (χ3v) is 2.16. The maximum atomic E-state index is 5.78. The monoisotopic (exact) mass is 215 g/mol. The highest BCUT2D eigenvalue weighted by molar-refractivity contribution is 5.53. The van der Waals surface area contributed by atoms with Crippen molar-refractivity contribution in [3.63, 3.8) is 0 Å². The SMILES string of the molecule is Cc1cnc(C)c(Oc2ccccc2N)n1. The van der Waals surface area contributed by atoms with E-state index in [9.17, 15) is 0 Å². The molecule has 0 radical (unpaired) electrons. The van der Waals surface area contributed by atoms with Gasteiger partial charge in [-0.2, -0.15) is 0 Å². The summed E-state index contributed by atoms with van der Waals surface area (Å²) >= 11 is 0. The molecule has 2 aromatic rings. The zero-order valence-corrected chi connectivity index (χ0v) is 9.27. The lowest BCUT2D eigenvalue weighted by Gasteiger charge is -2.09. The van der Waals surface area contributed by atoms with Gasteiger partial charge in [0.05, 0.1) is 17.1 Å². The molecule has 16 heavy (non-hydrogen) atoms. The largest absolute Gasteiger partial charge is 0.435 e. The number of benzene rings is 1. The van der Waals surface area contributed by atoms with E-state index < -0.39 is 0 Å². The van der Waals surface area contributed by atoms with Crippen LogP contribution in [0.2, 0.25) is 0 Å². The molecule has 0 aliphatic carbocycles. The predicted octanol–water partition coefficient (Wildman–Crippen LogP) is 2.47. The van der Waals surface area contributed by atoms with Crippen LogP contribution in [0.1, 0.15) is 11.4 Å². The summed E-state index contributed by atoms with van der Waals surface area (Å²) in [7, 11) is 0. The zero-order valence-electron chi connectivity index (χ0n) is 9.27. The van der Waals surface area contributed by atoms with E-state index in [1.165, 1.54) is 0 Å². The van der Waals surface area contributed by atoms with Gasteiger partial charge in [0.1, 0.15) is 0 Å². The lowest BCUT2D eigenvalue weighted by molar-refractivity contribution is 0.456. The first-order chi connectivity index (χ1) is 7.66. The van der Waals surface area contributed by atoms with Crippen LogP contribution in [0, 0.1) is 13.8 Å². The van der Waals surface area contributed by atoms with Crippen LogP contribution < -0.4 is 10.5 Å². The van der Waals surface area contributed by atoms with E-state index in [1.807, 2.05) is 26.0 Å². The van der Waals surface area contributed by atoms with E-state index >= 15 is 0 Å². The fraction of sp³-hybridized carbons (Fsp3) is 0.167. The third-order valence-electron chi connectivity index (χ3n) is 2.16. The van der Waals surface area contributed by atoms with E-state index in [-0.39, 0.29) is 0 Å². The van der Waals surface area contributed by atoms with E-state index in [4.69, 9.17) is 10.5 Å². The number of aryl methyl sites for hydroxylation is 2. The smallest absolute Gasteiger partial charge is 0.241 e. The maximum Gasteiger partial charge on any atom is 0.241 e. The van der Waals surface area contributed by atoms with Crippen molar-refractivity contribution in [2.75, 3.05) is 5.73 Å². The van der Waals surface area contributed by atoms with Crippen molar-refractivity contribution < 1.29 is 4.74 Å². The highest BCUT2D eigenvalue weighted by Crippen LogP contribution is 2.26. The third kappa shape index (κ3) is 2.11. The molecule has 0 saturated heterocycles. The van der Waals surface area contributed by atoms with Crippen molar-refractivity contribution in [3.05, 3.63) is 41.9 Å². The highest BCUT2D eigenvalue weighted by Gasteiger charge is 2.06. The molecular formula is C12H13N3O. The molecule has 0 unspecified atom stereocenters. The summed E-state index contributed by atoms with van der Waals surface area (Å²) in [6.07, 6.45) is 1.70. The Morgan fingerprint density at radius 2 is 1.94 bits per heavy atom. The van der Waals surface area contributed by atoms with Crippen molar-refractivity contribution >= 4 is 5.69 Å². The lowest BCUT2D eigenvalue weighted by atomic mass is 10.3. The molecule has 1 heterocycles. The predicted molar refractivity (Wildman–Crippen MR) is 62.4 cm³/mol. The molecule has 2 rings (SSSR count). The first-order valence-corrected chi connectivity index (χ1v) is 4.99. The molecule has 0 atom stereocenters. The summed E-state index contributed by atoms with van der Waals surface area (Å²) in [5, 5.41) is 0. The van der Waals surface area contributed by atoms with Crippen molar-refractivity contribution in [2.24, 2.45) is 0 Å². The van der Waals surface area contributed by atoms with Crippen LogP contribution >= 0.6 is 0 Å². The van der Waals surface area contributed by atoms with Crippen LogP contribution in [0.15, 0.2) is 30.5 Å². The fourth-order valence-corrected chi connectivity index (χ4v) is 1.29. The van der Waals surface area contributed by atoms with Crippen molar-refractivity contribution in [1.82, 2.24) is 9.97 Å². The second-order valence-electron chi connectivity index (χ2n) is 3.54.